The van der Waals surface area contributed by atoms with Gasteiger partial charge in [-0.25, -0.2) is 4.98 Å². The van der Waals surface area contributed by atoms with Crippen molar-refractivity contribution in [3.8, 4) is 17.3 Å². The molecule has 0 atom stereocenters. The number of nitriles is 1. The molecule has 0 N–H and O–H groups in total. The summed E-state index contributed by atoms with van der Waals surface area (Å²) in [7, 11) is 0. The normalized spacial score (nSPS) is 13.6. The summed E-state index contributed by atoms with van der Waals surface area (Å²) in [6.07, 6.45) is 2.03. The van der Waals surface area contributed by atoms with Crippen molar-refractivity contribution in [3.05, 3.63) is 47.5 Å². The van der Waals surface area contributed by atoms with Gasteiger partial charge in [-0.2, -0.15) is 5.26 Å². The van der Waals surface area contributed by atoms with Gasteiger partial charge in [0.1, 0.15) is 16.9 Å². The van der Waals surface area contributed by atoms with Crippen LogP contribution in [0.5, 0.6) is 0 Å². The number of benzene rings is 1. The highest BCUT2D eigenvalue weighted by molar-refractivity contribution is 8.00. The zero-order valence-corrected chi connectivity index (χ0v) is 13.2. The first-order valence-electron chi connectivity index (χ1n) is 7.31. The molecule has 110 valence electrons. The van der Waals surface area contributed by atoms with E-state index >= 15 is 0 Å². The van der Waals surface area contributed by atoms with Gasteiger partial charge in [0.25, 0.3) is 0 Å². The molecule has 0 radical (unpaired) electrons. The molecule has 2 aromatic rings. The maximum atomic E-state index is 11.9. The molecule has 0 saturated heterocycles. The summed E-state index contributed by atoms with van der Waals surface area (Å²) in [5.74, 6) is 0.930. The van der Waals surface area contributed by atoms with E-state index < -0.39 is 0 Å². The number of aromatic nitrogens is 1. The number of aryl methyl sites for hydroxylation is 1. The lowest BCUT2D eigenvalue weighted by atomic mass is 10.1. The number of pyridine rings is 1. The molecule has 3 nitrogen and oxygen atoms in total. The summed E-state index contributed by atoms with van der Waals surface area (Å²) in [6.45, 7) is 1.92. The molecule has 1 aromatic carbocycles. The highest BCUT2D eigenvalue weighted by Crippen LogP contribution is 2.33. The third kappa shape index (κ3) is 3.20. The minimum atomic E-state index is 0.247. The second-order valence-corrected chi connectivity index (χ2v) is 6.48. The average molecular weight is 308 g/mol. The lowest BCUT2D eigenvalue weighted by Gasteiger charge is -2.09. The van der Waals surface area contributed by atoms with Crippen molar-refractivity contribution in [3.63, 3.8) is 0 Å². The standard InChI is InChI=1S/C18H16N2OS/c1-12-9-16(13-5-3-2-4-6-13)20-18(15(12)10-19)22-11-17(21)14-7-8-14/h2-6,9,14H,7-8,11H2,1H3. The fourth-order valence-corrected chi connectivity index (χ4v) is 3.33. The Morgan fingerprint density at radius 2 is 2.09 bits per heavy atom. The SMILES string of the molecule is Cc1cc(-c2ccccc2)nc(SCC(=O)C2CC2)c1C#N. The first-order chi connectivity index (χ1) is 10.7. The molecule has 0 unspecified atom stereocenters. The fourth-order valence-electron chi connectivity index (χ4n) is 2.30. The van der Waals surface area contributed by atoms with Gasteiger partial charge in [-0.3, -0.25) is 4.79 Å². The number of carbonyl (C=O) groups excluding carboxylic acids is 1. The Morgan fingerprint density at radius 3 is 2.73 bits per heavy atom. The number of rotatable bonds is 5. The van der Waals surface area contributed by atoms with Crippen molar-refractivity contribution in [1.82, 2.24) is 4.98 Å². The largest absolute Gasteiger partial charge is 0.298 e. The van der Waals surface area contributed by atoms with Gasteiger partial charge in [0.2, 0.25) is 0 Å². The van der Waals surface area contributed by atoms with Crippen LogP contribution in [0.4, 0.5) is 0 Å². The molecule has 0 bridgehead atoms. The van der Waals surface area contributed by atoms with Crippen LogP contribution in [0, 0.1) is 24.2 Å². The Morgan fingerprint density at radius 1 is 1.36 bits per heavy atom. The number of hydrogen-bond donors (Lipinski definition) is 0. The van der Waals surface area contributed by atoms with Crippen molar-refractivity contribution < 1.29 is 4.79 Å². The summed E-state index contributed by atoms with van der Waals surface area (Å²) < 4.78 is 0. The van der Waals surface area contributed by atoms with Crippen molar-refractivity contribution >= 4 is 17.5 Å². The van der Waals surface area contributed by atoms with E-state index in [0.717, 1.165) is 29.7 Å². The molecule has 1 aliphatic rings. The third-order valence-corrected chi connectivity index (χ3v) is 4.75. The van der Waals surface area contributed by atoms with E-state index in [2.05, 4.69) is 11.1 Å². The molecule has 3 rings (SSSR count). The lowest BCUT2D eigenvalue weighted by molar-refractivity contribution is -0.117. The van der Waals surface area contributed by atoms with E-state index in [0.29, 0.717) is 16.3 Å². The Bertz CT molecular complexity index is 746. The van der Waals surface area contributed by atoms with Gasteiger partial charge in [0.15, 0.2) is 0 Å². The van der Waals surface area contributed by atoms with Crippen LogP contribution in [0.25, 0.3) is 11.3 Å². The summed E-state index contributed by atoms with van der Waals surface area (Å²) in [5.41, 5.74) is 3.34. The minimum absolute atomic E-state index is 0.247. The monoisotopic (exact) mass is 308 g/mol. The second-order valence-electron chi connectivity index (χ2n) is 5.51. The smallest absolute Gasteiger partial charge is 0.146 e. The first-order valence-corrected chi connectivity index (χ1v) is 8.30. The summed E-state index contributed by atoms with van der Waals surface area (Å²) in [4.78, 5) is 16.5. The van der Waals surface area contributed by atoms with E-state index in [1.807, 2.05) is 43.3 Å². The van der Waals surface area contributed by atoms with Gasteiger partial charge in [-0.15, -0.1) is 0 Å². The molecular weight excluding hydrogens is 292 g/mol. The molecule has 1 fully saturated rings. The zero-order chi connectivity index (χ0) is 15.5. The third-order valence-electron chi connectivity index (χ3n) is 3.75. The number of nitrogens with zero attached hydrogens (tertiary/aromatic N) is 2. The first kappa shape index (κ1) is 14.8. The molecule has 0 spiro atoms. The maximum Gasteiger partial charge on any atom is 0.146 e. The molecular formula is C18H16N2OS. The number of carbonyl (C=O) groups is 1. The highest BCUT2D eigenvalue weighted by Gasteiger charge is 2.29. The predicted octanol–water partition coefficient (Wildman–Crippen LogP) is 4.00. The molecule has 0 amide bonds. The van der Waals surface area contributed by atoms with Crippen molar-refractivity contribution in [1.29, 1.82) is 5.26 Å². The van der Waals surface area contributed by atoms with Crippen LogP contribution >= 0.6 is 11.8 Å². The average Bonchev–Trinajstić information content (AvgIpc) is 3.38. The van der Waals surface area contributed by atoms with Crippen LogP contribution in [-0.4, -0.2) is 16.5 Å². The molecule has 1 aromatic heterocycles. The molecule has 22 heavy (non-hydrogen) atoms. The van der Waals surface area contributed by atoms with Crippen molar-refractivity contribution in [2.45, 2.75) is 24.8 Å². The topological polar surface area (TPSA) is 53.8 Å². The number of thioether (sulfide) groups is 1. The fraction of sp³-hybridized carbons (Fsp3) is 0.278. The maximum absolute atomic E-state index is 11.9. The van der Waals surface area contributed by atoms with Gasteiger partial charge in [-0.05, 0) is 31.4 Å². The Labute approximate surface area is 134 Å². The molecule has 0 aliphatic heterocycles. The van der Waals surface area contributed by atoms with Crippen LogP contribution < -0.4 is 0 Å². The van der Waals surface area contributed by atoms with Crippen LogP contribution in [0.1, 0.15) is 24.0 Å². The van der Waals surface area contributed by atoms with Crippen LogP contribution in [0.3, 0.4) is 0 Å². The predicted molar refractivity (Wildman–Crippen MR) is 87.6 cm³/mol. The molecule has 4 heteroatoms. The van der Waals surface area contributed by atoms with Gasteiger partial charge in [-0.1, -0.05) is 42.1 Å². The second kappa shape index (κ2) is 6.33. The van der Waals surface area contributed by atoms with E-state index in [1.165, 1.54) is 11.8 Å². The van der Waals surface area contributed by atoms with E-state index in [4.69, 9.17) is 0 Å². The van der Waals surface area contributed by atoms with Gasteiger partial charge in [0.05, 0.1) is 17.0 Å². The summed E-state index contributed by atoms with van der Waals surface area (Å²) in [6, 6.07) is 14.0. The number of hydrogen-bond acceptors (Lipinski definition) is 4. The zero-order valence-electron chi connectivity index (χ0n) is 12.4. The molecule has 1 aliphatic carbocycles. The Hall–Kier alpha value is -2.12. The van der Waals surface area contributed by atoms with E-state index in [-0.39, 0.29) is 11.7 Å². The van der Waals surface area contributed by atoms with E-state index in [1.54, 1.807) is 0 Å². The van der Waals surface area contributed by atoms with Crippen molar-refractivity contribution in [2.24, 2.45) is 5.92 Å². The summed E-state index contributed by atoms with van der Waals surface area (Å²) in [5, 5.41) is 10.0. The van der Waals surface area contributed by atoms with Crippen LogP contribution in [0.2, 0.25) is 0 Å². The van der Waals surface area contributed by atoms with Crippen molar-refractivity contribution in [2.75, 3.05) is 5.75 Å². The Balaban J connectivity index is 1.91. The van der Waals surface area contributed by atoms with Crippen LogP contribution in [-0.2, 0) is 4.79 Å². The minimum Gasteiger partial charge on any atom is -0.298 e. The lowest BCUT2D eigenvalue weighted by Crippen LogP contribution is -2.05. The van der Waals surface area contributed by atoms with Gasteiger partial charge in [0, 0.05) is 11.5 Å². The summed E-state index contributed by atoms with van der Waals surface area (Å²) >= 11 is 1.39. The number of ketones is 1. The van der Waals surface area contributed by atoms with Gasteiger partial charge >= 0.3 is 0 Å². The highest BCUT2D eigenvalue weighted by atomic mass is 32.2. The van der Waals surface area contributed by atoms with Crippen LogP contribution in [0.15, 0.2) is 41.4 Å². The number of Topliss-reactive ketones (excluding diaryl/α,β-unsaturated/α-hetero) is 1. The molecule has 1 saturated carbocycles. The van der Waals surface area contributed by atoms with E-state index in [9.17, 15) is 10.1 Å². The quantitative estimate of drug-likeness (QED) is 0.783. The Kier molecular flexibility index (Phi) is 4.26. The van der Waals surface area contributed by atoms with Gasteiger partial charge < -0.3 is 0 Å². The molecule has 1 heterocycles.